The predicted octanol–water partition coefficient (Wildman–Crippen LogP) is 4.52. The Hall–Kier alpha value is -0.910. The maximum atomic E-state index is 13.6. The van der Waals surface area contributed by atoms with Crippen LogP contribution in [0.4, 0.5) is 4.39 Å². The van der Waals surface area contributed by atoms with Crippen molar-refractivity contribution in [3.05, 3.63) is 62.8 Å². The lowest BCUT2D eigenvalue weighted by molar-refractivity contribution is 0.594. The highest BCUT2D eigenvalue weighted by Gasteiger charge is 2.19. The normalized spacial score (nSPS) is 11.6. The van der Waals surface area contributed by atoms with Crippen molar-refractivity contribution in [1.82, 2.24) is 0 Å². The van der Waals surface area contributed by atoms with Crippen LogP contribution in [0.5, 0.6) is 0 Å². The van der Waals surface area contributed by atoms with Gasteiger partial charge in [-0.3, -0.25) is 0 Å². The SMILES string of the molecule is Cc1cc(CS(=O)(=O)c2ccccc2Cl)cc(F)c1Br. The van der Waals surface area contributed by atoms with Gasteiger partial charge in [-0.05, 0) is 52.2 Å². The Morgan fingerprint density at radius 1 is 1.25 bits per heavy atom. The van der Waals surface area contributed by atoms with Gasteiger partial charge in [0.25, 0.3) is 0 Å². The van der Waals surface area contributed by atoms with Crippen molar-refractivity contribution in [2.24, 2.45) is 0 Å². The van der Waals surface area contributed by atoms with E-state index in [2.05, 4.69) is 15.9 Å². The number of aryl methyl sites for hydroxylation is 1. The summed E-state index contributed by atoms with van der Waals surface area (Å²) in [7, 11) is -3.60. The minimum absolute atomic E-state index is 0.0580. The van der Waals surface area contributed by atoms with Crippen LogP contribution in [0.15, 0.2) is 45.8 Å². The van der Waals surface area contributed by atoms with Crippen molar-refractivity contribution in [3.8, 4) is 0 Å². The Kier molecular flexibility index (Phi) is 4.52. The number of sulfone groups is 1. The molecular formula is C14H11BrClFO2S. The number of hydrogen-bond donors (Lipinski definition) is 0. The summed E-state index contributed by atoms with van der Waals surface area (Å²) in [5, 5.41) is 0.168. The van der Waals surface area contributed by atoms with Gasteiger partial charge in [0.1, 0.15) is 5.82 Å². The first-order valence-electron chi connectivity index (χ1n) is 5.73. The van der Waals surface area contributed by atoms with Crippen molar-refractivity contribution >= 4 is 37.4 Å². The molecule has 2 nitrogen and oxygen atoms in total. The first kappa shape index (κ1) is 15.5. The molecule has 0 fully saturated rings. The number of benzene rings is 2. The molecule has 6 heteroatoms. The molecule has 20 heavy (non-hydrogen) atoms. The Labute approximate surface area is 130 Å². The van der Waals surface area contributed by atoms with Crippen LogP contribution >= 0.6 is 27.5 Å². The third-order valence-corrected chi connectivity index (χ3v) is 5.98. The minimum Gasteiger partial charge on any atom is -0.223 e. The first-order chi connectivity index (χ1) is 9.31. The van der Waals surface area contributed by atoms with E-state index in [1.54, 1.807) is 25.1 Å². The molecule has 0 bridgehead atoms. The lowest BCUT2D eigenvalue weighted by Crippen LogP contribution is -2.06. The average molecular weight is 378 g/mol. The maximum Gasteiger partial charge on any atom is 0.183 e. The zero-order valence-electron chi connectivity index (χ0n) is 10.5. The van der Waals surface area contributed by atoms with Crippen LogP contribution in [0, 0.1) is 12.7 Å². The Balaban J connectivity index is 2.42. The van der Waals surface area contributed by atoms with Crippen LogP contribution in [0.2, 0.25) is 5.02 Å². The summed E-state index contributed by atoms with van der Waals surface area (Å²) in [6.07, 6.45) is 0. The molecule has 0 aromatic heterocycles. The van der Waals surface area contributed by atoms with Gasteiger partial charge < -0.3 is 0 Å². The zero-order chi connectivity index (χ0) is 14.9. The lowest BCUT2D eigenvalue weighted by Gasteiger charge is -2.08. The van der Waals surface area contributed by atoms with Crippen molar-refractivity contribution in [1.29, 1.82) is 0 Å². The van der Waals surface area contributed by atoms with Crippen molar-refractivity contribution in [3.63, 3.8) is 0 Å². The molecule has 0 saturated heterocycles. The van der Waals surface area contributed by atoms with Gasteiger partial charge in [-0.1, -0.05) is 29.8 Å². The van der Waals surface area contributed by atoms with Gasteiger partial charge in [-0.2, -0.15) is 0 Å². The standard InChI is InChI=1S/C14H11BrClFO2S/c1-9-6-10(7-12(17)14(9)15)8-20(18,19)13-5-3-2-4-11(13)16/h2-7H,8H2,1H3. The van der Waals surface area contributed by atoms with E-state index in [1.807, 2.05) is 0 Å². The molecule has 0 aliphatic heterocycles. The topological polar surface area (TPSA) is 34.1 Å². The molecule has 2 aromatic rings. The quantitative estimate of drug-likeness (QED) is 0.788. The molecule has 0 spiro atoms. The second-order valence-corrected chi connectivity index (χ2v) is 7.56. The van der Waals surface area contributed by atoms with Crippen LogP contribution in [0.1, 0.15) is 11.1 Å². The highest BCUT2D eigenvalue weighted by Crippen LogP contribution is 2.27. The fraction of sp³-hybridized carbons (Fsp3) is 0.143. The predicted molar refractivity (Wildman–Crippen MR) is 81.2 cm³/mol. The summed E-state index contributed by atoms with van der Waals surface area (Å²) in [6, 6.07) is 9.08. The van der Waals surface area contributed by atoms with Gasteiger partial charge in [0.05, 0.1) is 20.1 Å². The second kappa shape index (κ2) is 5.84. The van der Waals surface area contributed by atoms with Crippen LogP contribution in [0.3, 0.4) is 0 Å². The minimum atomic E-state index is -3.60. The zero-order valence-corrected chi connectivity index (χ0v) is 13.7. The molecule has 2 rings (SSSR count). The van der Waals surface area contributed by atoms with Crippen molar-refractivity contribution in [2.75, 3.05) is 0 Å². The first-order valence-corrected chi connectivity index (χ1v) is 8.55. The third-order valence-electron chi connectivity index (χ3n) is 2.80. The largest absolute Gasteiger partial charge is 0.223 e. The molecule has 0 unspecified atom stereocenters. The molecule has 0 saturated carbocycles. The van der Waals surface area contributed by atoms with E-state index in [1.165, 1.54) is 18.2 Å². The number of hydrogen-bond acceptors (Lipinski definition) is 2. The van der Waals surface area contributed by atoms with E-state index in [-0.39, 0.29) is 15.7 Å². The molecular weight excluding hydrogens is 367 g/mol. The molecule has 0 amide bonds. The van der Waals surface area contributed by atoms with Gasteiger partial charge in [-0.25, -0.2) is 12.8 Å². The Bertz CT molecular complexity index is 737. The van der Waals surface area contributed by atoms with Crippen LogP contribution in [-0.4, -0.2) is 8.42 Å². The Morgan fingerprint density at radius 2 is 1.90 bits per heavy atom. The smallest absolute Gasteiger partial charge is 0.183 e. The van der Waals surface area contributed by atoms with E-state index in [4.69, 9.17) is 11.6 Å². The highest BCUT2D eigenvalue weighted by atomic mass is 79.9. The molecule has 106 valence electrons. The molecule has 2 aromatic carbocycles. The van der Waals surface area contributed by atoms with E-state index >= 15 is 0 Å². The van der Waals surface area contributed by atoms with Crippen LogP contribution in [0.25, 0.3) is 0 Å². The fourth-order valence-corrected chi connectivity index (χ4v) is 4.00. The van der Waals surface area contributed by atoms with E-state index in [0.717, 1.165) is 0 Å². The molecule has 0 aliphatic carbocycles. The van der Waals surface area contributed by atoms with Gasteiger partial charge in [0.2, 0.25) is 0 Å². The maximum absolute atomic E-state index is 13.6. The van der Waals surface area contributed by atoms with Crippen LogP contribution in [-0.2, 0) is 15.6 Å². The van der Waals surface area contributed by atoms with Gasteiger partial charge >= 0.3 is 0 Å². The molecule has 0 N–H and O–H groups in total. The summed E-state index contributed by atoms with van der Waals surface area (Å²) in [5.41, 5.74) is 1.04. The summed E-state index contributed by atoms with van der Waals surface area (Å²) < 4.78 is 38.6. The second-order valence-electron chi connectivity index (χ2n) is 4.40. The number of halogens is 3. The summed E-state index contributed by atoms with van der Waals surface area (Å²) in [4.78, 5) is 0.0580. The van der Waals surface area contributed by atoms with E-state index in [0.29, 0.717) is 15.6 Å². The van der Waals surface area contributed by atoms with Crippen LogP contribution < -0.4 is 0 Å². The molecule has 0 atom stereocenters. The van der Waals surface area contributed by atoms with Gasteiger partial charge in [0.15, 0.2) is 9.84 Å². The molecule has 0 radical (unpaired) electrons. The third kappa shape index (κ3) is 3.22. The average Bonchev–Trinajstić information content (AvgIpc) is 2.35. The lowest BCUT2D eigenvalue weighted by atomic mass is 10.1. The summed E-state index contributed by atoms with van der Waals surface area (Å²) in [5.74, 6) is -0.767. The Morgan fingerprint density at radius 3 is 2.50 bits per heavy atom. The van der Waals surface area contributed by atoms with E-state index < -0.39 is 15.7 Å². The van der Waals surface area contributed by atoms with Crippen molar-refractivity contribution < 1.29 is 12.8 Å². The molecule has 0 heterocycles. The fourth-order valence-electron chi connectivity index (χ4n) is 1.88. The highest BCUT2D eigenvalue weighted by molar-refractivity contribution is 9.10. The summed E-state index contributed by atoms with van der Waals surface area (Å²) in [6.45, 7) is 1.71. The molecule has 0 aliphatic rings. The van der Waals surface area contributed by atoms with Gasteiger partial charge in [0, 0.05) is 0 Å². The monoisotopic (exact) mass is 376 g/mol. The van der Waals surface area contributed by atoms with E-state index in [9.17, 15) is 12.8 Å². The van der Waals surface area contributed by atoms with Gasteiger partial charge in [-0.15, -0.1) is 0 Å². The number of rotatable bonds is 3. The van der Waals surface area contributed by atoms with Crippen molar-refractivity contribution in [2.45, 2.75) is 17.6 Å². The summed E-state index contributed by atoms with van der Waals surface area (Å²) >= 11 is 9.01.